The average molecular weight is 153 g/mol. The second-order valence-corrected chi connectivity index (χ2v) is 5.67. The van der Waals surface area contributed by atoms with Crippen LogP contribution in [0.3, 0.4) is 0 Å². The van der Waals surface area contributed by atoms with E-state index >= 15 is 0 Å². The molecule has 0 radical (unpaired) electrons. The van der Waals surface area contributed by atoms with Gasteiger partial charge in [0.05, 0.1) is 0 Å². The van der Waals surface area contributed by atoms with Crippen molar-refractivity contribution in [2.75, 3.05) is 13.1 Å². The fraction of sp³-hybridized carbons (Fsp3) is 1.00. The summed E-state index contributed by atoms with van der Waals surface area (Å²) in [5, 5.41) is 3.51. The molecule has 0 aromatic heterocycles. The molecule has 2 unspecified atom stereocenters. The number of nitrogens with one attached hydrogen (secondary N) is 1. The van der Waals surface area contributed by atoms with Crippen molar-refractivity contribution >= 4 is 0 Å². The summed E-state index contributed by atoms with van der Waals surface area (Å²) in [5.41, 5.74) is 1.75. The highest BCUT2D eigenvalue weighted by molar-refractivity contribution is 5.22. The molecule has 2 rings (SSSR count). The smallest absolute Gasteiger partial charge is 0.00190 e. The Bertz CT molecular complexity index is 180. The molecule has 0 aromatic rings. The largest absolute Gasteiger partial charge is 0.316 e. The van der Waals surface area contributed by atoms with Gasteiger partial charge in [0.2, 0.25) is 0 Å². The maximum absolute atomic E-state index is 3.51. The van der Waals surface area contributed by atoms with Crippen molar-refractivity contribution in [3.8, 4) is 0 Å². The number of fused-ring (bicyclic) bond motifs is 1. The van der Waals surface area contributed by atoms with Gasteiger partial charge in [0.1, 0.15) is 0 Å². The quantitative estimate of drug-likeness (QED) is 0.561. The summed E-state index contributed by atoms with van der Waals surface area (Å²) in [6, 6.07) is 0. The van der Waals surface area contributed by atoms with Crippen molar-refractivity contribution in [2.45, 2.75) is 34.1 Å². The lowest BCUT2D eigenvalue weighted by molar-refractivity contribution is 0.195. The summed E-state index contributed by atoms with van der Waals surface area (Å²) < 4.78 is 0. The van der Waals surface area contributed by atoms with Crippen LogP contribution in [0.1, 0.15) is 34.1 Å². The van der Waals surface area contributed by atoms with Crippen LogP contribution in [0.15, 0.2) is 0 Å². The van der Waals surface area contributed by atoms with Crippen LogP contribution in [-0.2, 0) is 0 Å². The van der Waals surface area contributed by atoms with Gasteiger partial charge in [0.25, 0.3) is 0 Å². The summed E-state index contributed by atoms with van der Waals surface area (Å²) in [6.07, 6.45) is 1.44. The van der Waals surface area contributed by atoms with Crippen LogP contribution in [0.2, 0.25) is 0 Å². The van der Waals surface area contributed by atoms with Crippen molar-refractivity contribution in [1.29, 1.82) is 0 Å². The fourth-order valence-electron chi connectivity index (χ4n) is 3.12. The Kier molecular flexibility index (Phi) is 1.15. The van der Waals surface area contributed by atoms with Gasteiger partial charge in [-0.2, -0.15) is 0 Å². The highest BCUT2D eigenvalue weighted by Gasteiger charge is 2.71. The average Bonchev–Trinajstić information content (AvgIpc) is 2.28. The van der Waals surface area contributed by atoms with Gasteiger partial charge in [0, 0.05) is 13.1 Å². The zero-order valence-corrected chi connectivity index (χ0v) is 8.12. The van der Waals surface area contributed by atoms with E-state index in [1.54, 1.807) is 0 Å². The van der Waals surface area contributed by atoms with E-state index < -0.39 is 0 Å². The van der Waals surface area contributed by atoms with Crippen LogP contribution < -0.4 is 5.32 Å². The third-order valence-electron chi connectivity index (χ3n) is 4.10. The first-order valence-electron chi connectivity index (χ1n) is 4.62. The normalized spacial score (nSPS) is 49.1. The van der Waals surface area contributed by atoms with Gasteiger partial charge < -0.3 is 5.32 Å². The molecule has 1 saturated heterocycles. The number of piperidine rings is 1. The molecule has 1 nitrogen and oxygen atoms in total. The molecule has 0 bridgehead atoms. The maximum Gasteiger partial charge on any atom is 0.00190 e. The van der Waals surface area contributed by atoms with Crippen molar-refractivity contribution in [3.63, 3.8) is 0 Å². The van der Waals surface area contributed by atoms with E-state index in [1.807, 2.05) is 0 Å². The molecule has 2 aliphatic rings. The summed E-state index contributed by atoms with van der Waals surface area (Å²) in [7, 11) is 0. The van der Waals surface area contributed by atoms with E-state index in [2.05, 4.69) is 33.0 Å². The van der Waals surface area contributed by atoms with Gasteiger partial charge in [-0.3, -0.25) is 0 Å². The van der Waals surface area contributed by atoms with Gasteiger partial charge in [-0.05, 0) is 22.7 Å². The lowest BCUT2D eigenvalue weighted by Gasteiger charge is -2.30. The van der Waals surface area contributed by atoms with Crippen LogP contribution >= 0.6 is 0 Å². The number of hydrogen-bond donors (Lipinski definition) is 1. The van der Waals surface area contributed by atoms with Gasteiger partial charge in [-0.15, -0.1) is 0 Å². The minimum atomic E-state index is 0.491. The van der Waals surface area contributed by atoms with E-state index in [-0.39, 0.29) is 0 Å². The van der Waals surface area contributed by atoms with Gasteiger partial charge >= 0.3 is 0 Å². The Balaban J connectivity index is 2.28. The Morgan fingerprint density at radius 2 is 1.82 bits per heavy atom. The Hall–Kier alpha value is -0.0400. The molecule has 2 fully saturated rings. The molecule has 1 heteroatoms. The van der Waals surface area contributed by atoms with Crippen LogP contribution in [0.4, 0.5) is 0 Å². The molecule has 1 aliphatic heterocycles. The van der Waals surface area contributed by atoms with E-state index in [9.17, 15) is 0 Å². The Morgan fingerprint density at radius 1 is 1.18 bits per heavy atom. The monoisotopic (exact) mass is 153 g/mol. The molecule has 0 aromatic carbocycles. The zero-order chi connectivity index (χ0) is 8.33. The molecule has 1 heterocycles. The molecule has 0 amide bonds. The minimum Gasteiger partial charge on any atom is -0.316 e. The Morgan fingerprint density at radius 3 is 2.00 bits per heavy atom. The van der Waals surface area contributed by atoms with Gasteiger partial charge in [-0.1, -0.05) is 27.7 Å². The standard InChI is InChI=1S/C10H19N/c1-8(2,3)10-5-9(10,4)6-11-7-10/h11H,5-7H2,1-4H3. The molecule has 1 aliphatic carbocycles. The third kappa shape index (κ3) is 0.703. The predicted molar refractivity (Wildman–Crippen MR) is 47.5 cm³/mol. The maximum atomic E-state index is 3.51. The fourth-order valence-corrected chi connectivity index (χ4v) is 3.12. The molecule has 1 N–H and O–H groups in total. The lowest BCUT2D eigenvalue weighted by atomic mass is 9.74. The summed E-state index contributed by atoms with van der Waals surface area (Å²) in [4.78, 5) is 0. The second kappa shape index (κ2) is 1.66. The molecular formula is C10H19N. The van der Waals surface area contributed by atoms with E-state index in [4.69, 9.17) is 0 Å². The van der Waals surface area contributed by atoms with Crippen molar-refractivity contribution in [3.05, 3.63) is 0 Å². The topological polar surface area (TPSA) is 12.0 Å². The first kappa shape index (κ1) is 7.60. The summed E-state index contributed by atoms with van der Waals surface area (Å²) >= 11 is 0. The number of hydrogen-bond acceptors (Lipinski definition) is 1. The minimum absolute atomic E-state index is 0.491. The summed E-state index contributed by atoms with van der Waals surface area (Å²) in [5.74, 6) is 0. The number of rotatable bonds is 0. The Labute approximate surface area is 69.6 Å². The third-order valence-corrected chi connectivity index (χ3v) is 4.10. The van der Waals surface area contributed by atoms with Crippen LogP contribution in [0, 0.1) is 16.2 Å². The van der Waals surface area contributed by atoms with Gasteiger partial charge in [0.15, 0.2) is 0 Å². The SMILES string of the molecule is CC(C)(C)C12CNCC1(C)C2. The molecular weight excluding hydrogens is 134 g/mol. The van der Waals surface area contributed by atoms with Crippen molar-refractivity contribution < 1.29 is 0 Å². The van der Waals surface area contributed by atoms with Crippen LogP contribution in [0.25, 0.3) is 0 Å². The van der Waals surface area contributed by atoms with Crippen molar-refractivity contribution in [2.24, 2.45) is 16.2 Å². The predicted octanol–water partition coefficient (Wildman–Crippen LogP) is 2.03. The van der Waals surface area contributed by atoms with E-state index in [1.165, 1.54) is 19.5 Å². The van der Waals surface area contributed by atoms with Crippen LogP contribution in [-0.4, -0.2) is 13.1 Å². The molecule has 0 spiro atoms. The molecule has 2 atom stereocenters. The first-order chi connectivity index (χ1) is 4.91. The van der Waals surface area contributed by atoms with E-state index in [0.29, 0.717) is 16.2 Å². The highest BCUT2D eigenvalue weighted by Crippen LogP contribution is 2.73. The lowest BCUT2D eigenvalue weighted by Crippen LogP contribution is -2.29. The van der Waals surface area contributed by atoms with Gasteiger partial charge in [-0.25, -0.2) is 0 Å². The molecule has 1 saturated carbocycles. The van der Waals surface area contributed by atoms with Crippen LogP contribution in [0.5, 0.6) is 0 Å². The van der Waals surface area contributed by atoms with Crippen molar-refractivity contribution in [1.82, 2.24) is 5.32 Å². The zero-order valence-electron chi connectivity index (χ0n) is 8.12. The first-order valence-corrected chi connectivity index (χ1v) is 4.62. The molecule has 11 heavy (non-hydrogen) atoms. The van der Waals surface area contributed by atoms with E-state index in [0.717, 1.165) is 0 Å². The molecule has 64 valence electrons. The summed E-state index contributed by atoms with van der Waals surface area (Å²) in [6.45, 7) is 12.1. The highest BCUT2D eigenvalue weighted by atomic mass is 15.0. The second-order valence-electron chi connectivity index (χ2n) is 5.67.